The van der Waals surface area contributed by atoms with E-state index in [1.54, 1.807) is 18.0 Å². The second kappa shape index (κ2) is 7.31. The van der Waals surface area contributed by atoms with Gasteiger partial charge in [-0.15, -0.1) is 11.8 Å². The standard InChI is InChI=1S/C18H18N4OS/c1-22-16-6-4-3-5-15(16)20-17(22)11-18(23)21-19-12-13-7-9-14(24-2)10-8-13/h3-10,12H,11H2,1-2H3,(H,21,23). The van der Waals surface area contributed by atoms with Crippen LogP contribution < -0.4 is 5.43 Å². The maximum absolute atomic E-state index is 12.1. The van der Waals surface area contributed by atoms with E-state index >= 15 is 0 Å². The summed E-state index contributed by atoms with van der Waals surface area (Å²) in [5, 5.41) is 4.01. The number of hydrogen-bond acceptors (Lipinski definition) is 4. The van der Waals surface area contributed by atoms with Crippen LogP contribution >= 0.6 is 11.8 Å². The van der Waals surface area contributed by atoms with Crippen LogP contribution in [0.15, 0.2) is 58.5 Å². The predicted molar refractivity (Wildman–Crippen MR) is 98.4 cm³/mol. The molecule has 1 N–H and O–H groups in total. The number of hydrogen-bond donors (Lipinski definition) is 1. The molecular weight excluding hydrogens is 320 g/mol. The monoisotopic (exact) mass is 338 g/mol. The van der Waals surface area contributed by atoms with Gasteiger partial charge in [0.1, 0.15) is 5.82 Å². The van der Waals surface area contributed by atoms with Crippen LogP contribution in [0.5, 0.6) is 0 Å². The molecule has 0 fully saturated rings. The molecule has 0 spiro atoms. The number of imidazole rings is 1. The van der Waals surface area contributed by atoms with E-state index in [1.165, 1.54) is 4.90 Å². The molecule has 122 valence electrons. The number of thioether (sulfide) groups is 1. The van der Waals surface area contributed by atoms with E-state index in [-0.39, 0.29) is 12.3 Å². The number of nitrogens with zero attached hydrogens (tertiary/aromatic N) is 3. The molecule has 0 aliphatic heterocycles. The van der Waals surface area contributed by atoms with Crippen LogP contribution in [0.3, 0.4) is 0 Å². The minimum Gasteiger partial charge on any atom is -0.331 e. The van der Waals surface area contributed by atoms with Crippen molar-refractivity contribution in [1.82, 2.24) is 15.0 Å². The second-order valence-electron chi connectivity index (χ2n) is 5.32. The number of rotatable bonds is 5. The Kier molecular flexibility index (Phi) is 4.96. The van der Waals surface area contributed by atoms with E-state index in [4.69, 9.17) is 0 Å². The molecule has 6 heteroatoms. The molecule has 3 rings (SSSR count). The van der Waals surface area contributed by atoms with Crippen LogP contribution in [0.2, 0.25) is 0 Å². The number of nitrogens with one attached hydrogen (secondary N) is 1. The van der Waals surface area contributed by atoms with Crippen LogP contribution in [0, 0.1) is 0 Å². The van der Waals surface area contributed by atoms with Gasteiger partial charge in [0.2, 0.25) is 5.91 Å². The van der Waals surface area contributed by atoms with Gasteiger partial charge in [0.05, 0.1) is 23.7 Å². The van der Waals surface area contributed by atoms with E-state index in [0.29, 0.717) is 5.82 Å². The van der Waals surface area contributed by atoms with Gasteiger partial charge in [0, 0.05) is 11.9 Å². The molecule has 3 aromatic rings. The van der Waals surface area contributed by atoms with Crippen LogP contribution in [0.4, 0.5) is 0 Å². The topological polar surface area (TPSA) is 59.3 Å². The fourth-order valence-corrected chi connectivity index (χ4v) is 2.81. The highest BCUT2D eigenvalue weighted by Gasteiger charge is 2.10. The molecule has 0 saturated heterocycles. The molecule has 0 radical (unpaired) electrons. The lowest BCUT2D eigenvalue weighted by molar-refractivity contribution is -0.120. The number of amides is 1. The number of aromatic nitrogens is 2. The Bertz CT molecular complexity index is 884. The normalized spacial score (nSPS) is 11.2. The molecule has 1 amide bonds. The van der Waals surface area contributed by atoms with Gasteiger partial charge >= 0.3 is 0 Å². The second-order valence-corrected chi connectivity index (χ2v) is 6.20. The first-order valence-electron chi connectivity index (χ1n) is 7.53. The average molecular weight is 338 g/mol. The molecular formula is C18H18N4OS. The number of carbonyl (C=O) groups is 1. The molecule has 0 bridgehead atoms. The van der Waals surface area contributed by atoms with Crippen molar-refractivity contribution >= 4 is 34.9 Å². The first-order chi connectivity index (χ1) is 11.7. The van der Waals surface area contributed by atoms with E-state index in [1.807, 2.05) is 66.4 Å². The number of aryl methyl sites for hydroxylation is 1. The van der Waals surface area contributed by atoms with Crippen molar-refractivity contribution in [3.8, 4) is 0 Å². The number of benzene rings is 2. The van der Waals surface area contributed by atoms with Crippen molar-refractivity contribution in [3.05, 3.63) is 59.9 Å². The first kappa shape index (κ1) is 16.3. The fourth-order valence-electron chi connectivity index (χ4n) is 2.41. The first-order valence-corrected chi connectivity index (χ1v) is 8.76. The molecule has 0 unspecified atom stereocenters. The van der Waals surface area contributed by atoms with Crippen molar-refractivity contribution in [2.75, 3.05) is 6.26 Å². The fraction of sp³-hybridized carbons (Fsp3) is 0.167. The highest BCUT2D eigenvalue weighted by Crippen LogP contribution is 2.15. The van der Waals surface area contributed by atoms with Crippen molar-refractivity contribution in [2.24, 2.45) is 12.1 Å². The molecule has 0 aliphatic carbocycles. The van der Waals surface area contributed by atoms with Gasteiger partial charge in [-0.25, -0.2) is 10.4 Å². The lowest BCUT2D eigenvalue weighted by Gasteiger charge is -2.01. The predicted octanol–water partition coefficient (Wildman–Crippen LogP) is 2.99. The molecule has 0 saturated carbocycles. The minimum absolute atomic E-state index is 0.188. The molecule has 0 aliphatic rings. The summed E-state index contributed by atoms with van der Waals surface area (Å²) in [5.41, 5.74) is 5.39. The Morgan fingerprint density at radius 3 is 2.71 bits per heavy atom. The lowest BCUT2D eigenvalue weighted by Crippen LogP contribution is -2.21. The third-order valence-corrected chi connectivity index (χ3v) is 4.46. The lowest BCUT2D eigenvalue weighted by atomic mass is 10.2. The summed E-state index contributed by atoms with van der Waals surface area (Å²) in [4.78, 5) is 17.7. The number of para-hydroxylation sites is 2. The zero-order chi connectivity index (χ0) is 16.9. The van der Waals surface area contributed by atoms with Crippen molar-refractivity contribution in [3.63, 3.8) is 0 Å². The smallest absolute Gasteiger partial charge is 0.247 e. The Hall–Kier alpha value is -2.60. The molecule has 24 heavy (non-hydrogen) atoms. The van der Waals surface area contributed by atoms with Gasteiger partial charge in [-0.3, -0.25) is 4.79 Å². The van der Waals surface area contributed by atoms with E-state index in [0.717, 1.165) is 16.6 Å². The number of hydrazone groups is 1. The third-order valence-electron chi connectivity index (χ3n) is 3.72. The summed E-state index contributed by atoms with van der Waals surface area (Å²) in [5.74, 6) is 0.526. The summed E-state index contributed by atoms with van der Waals surface area (Å²) < 4.78 is 1.93. The maximum Gasteiger partial charge on any atom is 0.247 e. The summed E-state index contributed by atoms with van der Waals surface area (Å²) in [7, 11) is 1.91. The summed E-state index contributed by atoms with van der Waals surface area (Å²) >= 11 is 1.69. The molecule has 5 nitrogen and oxygen atoms in total. The minimum atomic E-state index is -0.189. The molecule has 2 aromatic carbocycles. The summed E-state index contributed by atoms with van der Waals surface area (Å²) in [6.07, 6.45) is 3.86. The van der Waals surface area contributed by atoms with Crippen LogP contribution in [-0.4, -0.2) is 27.9 Å². The summed E-state index contributed by atoms with van der Waals surface area (Å²) in [6, 6.07) is 15.8. The van der Waals surface area contributed by atoms with Crippen LogP contribution in [-0.2, 0) is 18.3 Å². The van der Waals surface area contributed by atoms with Crippen molar-refractivity contribution in [1.29, 1.82) is 0 Å². The quantitative estimate of drug-likeness (QED) is 0.442. The van der Waals surface area contributed by atoms with Crippen molar-refractivity contribution in [2.45, 2.75) is 11.3 Å². The zero-order valence-electron chi connectivity index (χ0n) is 13.6. The van der Waals surface area contributed by atoms with E-state index in [9.17, 15) is 4.79 Å². The van der Waals surface area contributed by atoms with Gasteiger partial charge in [-0.1, -0.05) is 24.3 Å². The Balaban J connectivity index is 1.62. The Morgan fingerprint density at radius 1 is 1.25 bits per heavy atom. The van der Waals surface area contributed by atoms with Crippen LogP contribution in [0.1, 0.15) is 11.4 Å². The highest BCUT2D eigenvalue weighted by molar-refractivity contribution is 7.98. The average Bonchev–Trinajstić information content (AvgIpc) is 2.92. The molecule has 1 aromatic heterocycles. The van der Waals surface area contributed by atoms with Gasteiger partial charge in [0.25, 0.3) is 0 Å². The number of carbonyl (C=O) groups excluding carboxylic acids is 1. The van der Waals surface area contributed by atoms with Crippen LogP contribution in [0.25, 0.3) is 11.0 Å². The maximum atomic E-state index is 12.1. The highest BCUT2D eigenvalue weighted by atomic mass is 32.2. The zero-order valence-corrected chi connectivity index (χ0v) is 14.4. The van der Waals surface area contributed by atoms with E-state index < -0.39 is 0 Å². The largest absolute Gasteiger partial charge is 0.331 e. The molecule has 0 atom stereocenters. The number of fused-ring (bicyclic) bond motifs is 1. The molecule has 1 heterocycles. The SMILES string of the molecule is CSc1ccc(C=NNC(=O)Cc2nc3ccccc3n2C)cc1. The van der Waals surface area contributed by atoms with Gasteiger partial charge < -0.3 is 4.57 Å². The Morgan fingerprint density at radius 2 is 2.00 bits per heavy atom. The van der Waals surface area contributed by atoms with E-state index in [2.05, 4.69) is 15.5 Å². The Labute approximate surface area is 144 Å². The van der Waals surface area contributed by atoms with Gasteiger partial charge in [-0.2, -0.15) is 5.10 Å². The summed E-state index contributed by atoms with van der Waals surface area (Å²) in [6.45, 7) is 0. The van der Waals surface area contributed by atoms with Gasteiger partial charge in [-0.05, 0) is 36.1 Å². The van der Waals surface area contributed by atoms with Crippen molar-refractivity contribution < 1.29 is 4.79 Å². The third kappa shape index (κ3) is 3.65. The van der Waals surface area contributed by atoms with Gasteiger partial charge in [0.15, 0.2) is 0 Å².